The second kappa shape index (κ2) is 5.28. The van der Waals surface area contributed by atoms with Gasteiger partial charge in [0, 0.05) is 23.6 Å². The van der Waals surface area contributed by atoms with E-state index in [-0.39, 0.29) is 6.04 Å². The van der Waals surface area contributed by atoms with E-state index in [1.54, 1.807) is 18.2 Å². The monoisotopic (exact) mass is 332 g/mol. The smallest absolute Gasteiger partial charge is 0.243 e. The minimum atomic E-state index is -3.42. The van der Waals surface area contributed by atoms with Crippen molar-refractivity contribution in [1.29, 1.82) is 0 Å². The summed E-state index contributed by atoms with van der Waals surface area (Å²) in [5, 5.41) is 0. The first-order valence-corrected chi connectivity index (χ1v) is 8.16. The normalized spacial score (nSPS) is 26.2. The van der Waals surface area contributed by atoms with Crippen molar-refractivity contribution in [2.24, 2.45) is 11.7 Å². The molecule has 1 aliphatic rings. The molecule has 1 aliphatic heterocycles. The van der Waals surface area contributed by atoms with Gasteiger partial charge < -0.3 is 5.73 Å². The van der Waals surface area contributed by atoms with Crippen molar-refractivity contribution in [3.05, 3.63) is 28.7 Å². The van der Waals surface area contributed by atoms with Gasteiger partial charge in [-0.25, -0.2) is 8.42 Å². The first-order valence-electron chi connectivity index (χ1n) is 5.92. The molecule has 0 amide bonds. The number of nitrogens with two attached hydrogens (primary N) is 1. The van der Waals surface area contributed by atoms with E-state index in [9.17, 15) is 8.42 Å². The molecule has 1 aromatic carbocycles. The molecule has 1 aromatic rings. The summed E-state index contributed by atoms with van der Waals surface area (Å²) >= 11 is 3.29. The molecular formula is C12H17BrN2O2S. The molecule has 2 unspecified atom stereocenters. The van der Waals surface area contributed by atoms with E-state index in [4.69, 9.17) is 5.73 Å². The third kappa shape index (κ3) is 2.77. The van der Waals surface area contributed by atoms with E-state index in [1.165, 1.54) is 4.31 Å². The van der Waals surface area contributed by atoms with Crippen LogP contribution in [0.15, 0.2) is 33.6 Å². The largest absolute Gasteiger partial charge is 0.326 e. The summed E-state index contributed by atoms with van der Waals surface area (Å²) in [5.41, 5.74) is 5.96. The molecule has 0 aliphatic carbocycles. The lowest BCUT2D eigenvalue weighted by atomic mass is 9.96. The standard InChI is InChI=1S/C12H17BrN2O2S/c1-9-5-6-15(8-12(9)14)18(16,17)11-4-2-3-10(13)7-11/h2-4,7,9,12H,5-6,8,14H2,1H3. The van der Waals surface area contributed by atoms with Gasteiger partial charge in [-0.2, -0.15) is 4.31 Å². The van der Waals surface area contributed by atoms with Gasteiger partial charge in [0.2, 0.25) is 10.0 Å². The van der Waals surface area contributed by atoms with Crippen molar-refractivity contribution >= 4 is 26.0 Å². The molecule has 0 aromatic heterocycles. The van der Waals surface area contributed by atoms with Gasteiger partial charge in [-0.15, -0.1) is 0 Å². The van der Waals surface area contributed by atoms with Gasteiger partial charge in [0.05, 0.1) is 4.90 Å². The van der Waals surface area contributed by atoms with E-state index in [0.717, 1.165) is 10.9 Å². The van der Waals surface area contributed by atoms with Crippen LogP contribution in [0.4, 0.5) is 0 Å². The van der Waals surface area contributed by atoms with Crippen LogP contribution in [-0.4, -0.2) is 31.9 Å². The highest BCUT2D eigenvalue weighted by molar-refractivity contribution is 9.10. The lowest BCUT2D eigenvalue weighted by Gasteiger charge is -2.34. The van der Waals surface area contributed by atoms with Crippen molar-refractivity contribution in [2.45, 2.75) is 24.3 Å². The topological polar surface area (TPSA) is 63.4 Å². The maximum absolute atomic E-state index is 12.4. The van der Waals surface area contributed by atoms with E-state index in [1.807, 2.05) is 6.07 Å². The van der Waals surface area contributed by atoms with E-state index in [2.05, 4.69) is 22.9 Å². The fraction of sp³-hybridized carbons (Fsp3) is 0.500. The lowest BCUT2D eigenvalue weighted by molar-refractivity contribution is 0.253. The van der Waals surface area contributed by atoms with Crippen LogP contribution >= 0.6 is 15.9 Å². The average molecular weight is 333 g/mol. The molecule has 0 bridgehead atoms. The van der Waals surface area contributed by atoms with Gasteiger partial charge in [-0.1, -0.05) is 28.9 Å². The number of nitrogens with zero attached hydrogens (tertiary/aromatic N) is 1. The van der Waals surface area contributed by atoms with Crippen molar-refractivity contribution in [1.82, 2.24) is 4.31 Å². The van der Waals surface area contributed by atoms with Crippen LogP contribution in [0.3, 0.4) is 0 Å². The second-order valence-electron chi connectivity index (χ2n) is 4.75. The Balaban J connectivity index is 2.27. The van der Waals surface area contributed by atoms with E-state index in [0.29, 0.717) is 23.9 Å². The lowest BCUT2D eigenvalue weighted by Crippen LogP contribution is -2.49. The van der Waals surface area contributed by atoms with Gasteiger partial charge in [0.25, 0.3) is 0 Å². The predicted molar refractivity (Wildman–Crippen MR) is 74.7 cm³/mol. The Bertz CT molecular complexity index is 533. The van der Waals surface area contributed by atoms with Gasteiger partial charge in [-0.3, -0.25) is 0 Å². The Morgan fingerprint density at radius 2 is 2.17 bits per heavy atom. The number of sulfonamides is 1. The average Bonchev–Trinajstić information content (AvgIpc) is 2.32. The van der Waals surface area contributed by atoms with Crippen LogP contribution in [0.5, 0.6) is 0 Å². The van der Waals surface area contributed by atoms with Crippen LogP contribution in [0, 0.1) is 5.92 Å². The number of hydrogen-bond donors (Lipinski definition) is 1. The first kappa shape index (κ1) is 14.0. The maximum atomic E-state index is 12.4. The second-order valence-corrected chi connectivity index (χ2v) is 7.60. The Labute approximate surface area is 116 Å². The molecular weight excluding hydrogens is 316 g/mol. The summed E-state index contributed by atoms with van der Waals surface area (Å²) in [7, 11) is -3.42. The maximum Gasteiger partial charge on any atom is 0.243 e. The fourth-order valence-electron chi connectivity index (χ4n) is 2.06. The van der Waals surface area contributed by atoms with Crippen molar-refractivity contribution in [3.8, 4) is 0 Å². The van der Waals surface area contributed by atoms with Crippen molar-refractivity contribution in [3.63, 3.8) is 0 Å². The highest BCUT2D eigenvalue weighted by atomic mass is 79.9. The number of hydrogen-bond acceptors (Lipinski definition) is 3. The summed E-state index contributed by atoms with van der Waals surface area (Å²) in [6.45, 7) is 3.01. The predicted octanol–water partition coefficient (Wildman–Crippen LogP) is 1.81. The zero-order chi connectivity index (χ0) is 13.3. The van der Waals surface area contributed by atoms with Gasteiger partial charge >= 0.3 is 0 Å². The third-order valence-electron chi connectivity index (χ3n) is 3.41. The Kier molecular flexibility index (Phi) is 4.11. The SMILES string of the molecule is CC1CCN(S(=O)(=O)c2cccc(Br)c2)CC1N. The summed E-state index contributed by atoms with van der Waals surface area (Å²) in [5.74, 6) is 0.374. The molecule has 100 valence electrons. The summed E-state index contributed by atoms with van der Waals surface area (Å²) in [4.78, 5) is 0.318. The minimum Gasteiger partial charge on any atom is -0.326 e. The summed E-state index contributed by atoms with van der Waals surface area (Å²) in [6, 6.07) is 6.69. The minimum absolute atomic E-state index is 0.0827. The summed E-state index contributed by atoms with van der Waals surface area (Å²) in [6.07, 6.45) is 0.814. The van der Waals surface area contributed by atoms with Crippen LogP contribution < -0.4 is 5.73 Å². The molecule has 2 N–H and O–H groups in total. The molecule has 4 nitrogen and oxygen atoms in total. The third-order valence-corrected chi connectivity index (χ3v) is 5.77. The molecule has 1 saturated heterocycles. The molecule has 1 heterocycles. The van der Waals surface area contributed by atoms with Gasteiger partial charge in [-0.05, 0) is 30.5 Å². The fourth-order valence-corrected chi connectivity index (χ4v) is 4.15. The Morgan fingerprint density at radius 1 is 1.44 bits per heavy atom. The zero-order valence-corrected chi connectivity index (χ0v) is 12.6. The van der Waals surface area contributed by atoms with Crippen molar-refractivity contribution < 1.29 is 8.42 Å². The first-order chi connectivity index (χ1) is 8.41. The van der Waals surface area contributed by atoms with Crippen LogP contribution in [0.2, 0.25) is 0 Å². The van der Waals surface area contributed by atoms with Crippen molar-refractivity contribution in [2.75, 3.05) is 13.1 Å². The van der Waals surface area contributed by atoms with Gasteiger partial charge in [0.1, 0.15) is 0 Å². The van der Waals surface area contributed by atoms with Crippen LogP contribution in [-0.2, 0) is 10.0 Å². The molecule has 1 fully saturated rings. The number of halogens is 1. The van der Waals surface area contributed by atoms with Gasteiger partial charge in [0.15, 0.2) is 0 Å². The molecule has 0 radical (unpaired) electrons. The number of benzene rings is 1. The molecule has 0 saturated carbocycles. The zero-order valence-electron chi connectivity index (χ0n) is 10.2. The number of piperidine rings is 1. The molecule has 6 heteroatoms. The highest BCUT2D eigenvalue weighted by Crippen LogP contribution is 2.24. The molecule has 18 heavy (non-hydrogen) atoms. The van der Waals surface area contributed by atoms with Crippen LogP contribution in [0.1, 0.15) is 13.3 Å². The van der Waals surface area contributed by atoms with E-state index < -0.39 is 10.0 Å². The van der Waals surface area contributed by atoms with Crippen LogP contribution in [0.25, 0.3) is 0 Å². The molecule has 2 rings (SSSR count). The molecule has 2 atom stereocenters. The number of rotatable bonds is 2. The molecule has 0 spiro atoms. The highest BCUT2D eigenvalue weighted by Gasteiger charge is 2.31. The summed E-state index contributed by atoms with van der Waals surface area (Å²) < 4.78 is 27.1. The Morgan fingerprint density at radius 3 is 2.78 bits per heavy atom. The quantitative estimate of drug-likeness (QED) is 0.898. The Hall–Kier alpha value is -0.430. The van der Waals surface area contributed by atoms with E-state index >= 15 is 0 Å².